The number of ether oxygens (including phenoxy) is 1. The molecular weight excluding hydrogens is 458 g/mol. The zero-order valence-electron chi connectivity index (χ0n) is 15.4. The van der Waals surface area contributed by atoms with Gasteiger partial charge in [-0.15, -0.1) is 0 Å². The van der Waals surface area contributed by atoms with Crippen molar-refractivity contribution in [1.29, 1.82) is 0 Å². The highest BCUT2D eigenvalue weighted by molar-refractivity contribution is 9.10. The molecule has 0 bridgehead atoms. The first kappa shape index (κ1) is 18.9. The van der Waals surface area contributed by atoms with Gasteiger partial charge in [0.15, 0.2) is 5.43 Å². The Morgan fingerprint density at radius 1 is 1.17 bits per heavy atom. The van der Waals surface area contributed by atoms with Gasteiger partial charge >= 0.3 is 0 Å². The first-order chi connectivity index (χ1) is 14.0. The highest BCUT2D eigenvalue weighted by Crippen LogP contribution is 2.39. The van der Waals surface area contributed by atoms with E-state index in [-0.39, 0.29) is 23.2 Å². The molecule has 2 aliphatic rings. The smallest absolute Gasteiger partial charge is 0.291 e. The second kappa shape index (κ2) is 7.27. The van der Waals surface area contributed by atoms with Crippen molar-refractivity contribution in [1.82, 2.24) is 4.90 Å². The summed E-state index contributed by atoms with van der Waals surface area (Å²) in [5, 5.41) is 0.991. The van der Waals surface area contributed by atoms with Gasteiger partial charge in [-0.1, -0.05) is 39.7 Å². The third-order valence-electron chi connectivity index (χ3n) is 5.52. The van der Waals surface area contributed by atoms with E-state index in [2.05, 4.69) is 15.9 Å². The van der Waals surface area contributed by atoms with Crippen molar-refractivity contribution < 1.29 is 13.9 Å². The summed E-state index contributed by atoms with van der Waals surface area (Å²) in [5.41, 5.74) is 1.34. The van der Waals surface area contributed by atoms with E-state index in [9.17, 15) is 9.59 Å². The first-order valence-corrected chi connectivity index (χ1v) is 10.6. The number of fused-ring (bicyclic) bond motifs is 2. The van der Waals surface area contributed by atoms with Crippen molar-refractivity contribution in [3.8, 4) is 0 Å². The third kappa shape index (κ3) is 3.19. The van der Waals surface area contributed by atoms with Gasteiger partial charge in [-0.05, 0) is 48.7 Å². The van der Waals surface area contributed by atoms with Gasteiger partial charge in [0.1, 0.15) is 5.58 Å². The van der Waals surface area contributed by atoms with Crippen LogP contribution < -0.4 is 5.43 Å². The van der Waals surface area contributed by atoms with E-state index in [1.165, 1.54) is 0 Å². The number of hydrogen-bond donors (Lipinski definition) is 0. The summed E-state index contributed by atoms with van der Waals surface area (Å²) in [5.74, 6) is -0.185. The molecule has 0 saturated carbocycles. The van der Waals surface area contributed by atoms with Gasteiger partial charge in [0.25, 0.3) is 5.91 Å². The number of carbonyl (C=O) groups excluding carboxylic acids is 1. The lowest BCUT2D eigenvalue weighted by Gasteiger charge is -2.27. The van der Waals surface area contributed by atoms with Crippen molar-refractivity contribution in [2.75, 3.05) is 13.2 Å². The Kier molecular flexibility index (Phi) is 4.73. The van der Waals surface area contributed by atoms with Crippen molar-refractivity contribution in [3.05, 3.63) is 79.1 Å². The molecule has 0 unspecified atom stereocenters. The molecule has 2 aromatic carbocycles. The number of benzene rings is 2. The fourth-order valence-corrected chi connectivity index (χ4v) is 4.77. The number of nitrogens with zero attached hydrogens (tertiary/aromatic N) is 1. The molecule has 3 aromatic rings. The van der Waals surface area contributed by atoms with Gasteiger partial charge in [-0.25, -0.2) is 0 Å². The van der Waals surface area contributed by atoms with Gasteiger partial charge in [0.2, 0.25) is 5.76 Å². The second-order valence-electron chi connectivity index (χ2n) is 7.36. The zero-order valence-corrected chi connectivity index (χ0v) is 17.7. The highest BCUT2D eigenvalue weighted by atomic mass is 79.9. The maximum absolute atomic E-state index is 13.4. The van der Waals surface area contributed by atoms with Crippen LogP contribution in [-0.4, -0.2) is 30.1 Å². The fourth-order valence-electron chi connectivity index (χ4n) is 4.21. The molecule has 29 heavy (non-hydrogen) atoms. The molecule has 1 aromatic heterocycles. The minimum Gasteiger partial charge on any atom is -0.450 e. The van der Waals surface area contributed by atoms with Crippen LogP contribution in [0.15, 0.2) is 56.1 Å². The summed E-state index contributed by atoms with van der Waals surface area (Å²) in [6.07, 6.45) is 1.81. The van der Waals surface area contributed by atoms with Gasteiger partial charge < -0.3 is 14.1 Å². The van der Waals surface area contributed by atoms with Crippen LogP contribution in [0.3, 0.4) is 0 Å². The van der Waals surface area contributed by atoms with Crippen molar-refractivity contribution in [2.24, 2.45) is 0 Å². The summed E-state index contributed by atoms with van der Waals surface area (Å²) in [4.78, 5) is 28.4. The number of amides is 1. The summed E-state index contributed by atoms with van der Waals surface area (Å²) < 4.78 is 12.5. The summed E-state index contributed by atoms with van der Waals surface area (Å²) in [7, 11) is 0. The predicted molar refractivity (Wildman–Crippen MR) is 113 cm³/mol. The Morgan fingerprint density at radius 2 is 2.03 bits per heavy atom. The van der Waals surface area contributed by atoms with Crippen LogP contribution in [-0.2, 0) is 4.74 Å². The van der Waals surface area contributed by atoms with E-state index in [1.807, 2.05) is 12.1 Å². The minimum atomic E-state index is -0.556. The summed E-state index contributed by atoms with van der Waals surface area (Å²) in [6.45, 7) is 1.09. The Balaban J connectivity index is 1.72. The molecule has 1 amide bonds. The minimum absolute atomic E-state index is 0.0476. The molecule has 0 spiro atoms. The number of hydrogen-bond acceptors (Lipinski definition) is 4. The standard InChI is InChI=1S/C22H17BrClNO4/c23-13-6-7-17-16(10-13)20(26)18-19(12-3-1-4-14(24)9-12)25(22(27)21(18)29-17)11-15-5-2-8-28-15/h1,3-4,6-7,9-10,15,19H,2,5,8,11H2/t15-,19+/m1/s1. The van der Waals surface area contributed by atoms with Crippen LogP contribution in [0, 0.1) is 0 Å². The van der Waals surface area contributed by atoms with Crippen molar-refractivity contribution in [2.45, 2.75) is 25.0 Å². The third-order valence-corrected chi connectivity index (χ3v) is 6.24. The molecule has 1 saturated heterocycles. The molecular formula is C22H17BrClNO4. The summed E-state index contributed by atoms with van der Waals surface area (Å²) in [6, 6.07) is 11.9. The lowest BCUT2D eigenvalue weighted by atomic mass is 9.98. The average molecular weight is 475 g/mol. The molecule has 7 heteroatoms. The van der Waals surface area contributed by atoms with E-state index >= 15 is 0 Å². The Bertz CT molecular complexity index is 1190. The van der Waals surface area contributed by atoms with Gasteiger partial charge in [0.05, 0.1) is 23.1 Å². The number of halogens is 2. The highest BCUT2D eigenvalue weighted by Gasteiger charge is 2.43. The van der Waals surface area contributed by atoms with Gasteiger partial charge in [-0.3, -0.25) is 9.59 Å². The maximum Gasteiger partial charge on any atom is 0.291 e. The van der Waals surface area contributed by atoms with E-state index < -0.39 is 6.04 Å². The van der Waals surface area contributed by atoms with Gasteiger partial charge in [-0.2, -0.15) is 0 Å². The molecule has 0 aliphatic carbocycles. The number of rotatable bonds is 3. The topological polar surface area (TPSA) is 59.8 Å². The molecule has 1 fully saturated rings. The Labute approximate surface area is 180 Å². The van der Waals surface area contributed by atoms with Crippen LogP contribution in [0.1, 0.15) is 40.6 Å². The van der Waals surface area contributed by atoms with E-state index in [0.717, 1.165) is 22.9 Å². The first-order valence-electron chi connectivity index (χ1n) is 9.47. The van der Waals surface area contributed by atoms with Crippen LogP contribution in [0.25, 0.3) is 11.0 Å². The molecule has 2 aliphatic heterocycles. The SMILES string of the molecule is O=C1c2oc3ccc(Br)cc3c(=O)c2[C@H](c2cccc(Cl)c2)N1C[C@H]1CCCO1. The van der Waals surface area contributed by atoms with Crippen molar-refractivity contribution >= 4 is 44.4 Å². The van der Waals surface area contributed by atoms with E-state index in [1.54, 1.807) is 35.2 Å². The molecule has 5 rings (SSSR count). The lowest BCUT2D eigenvalue weighted by Crippen LogP contribution is -2.36. The molecule has 0 radical (unpaired) electrons. The fraction of sp³-hybridized carbons (Fsp3) is 0.273. The molecule has 3 heterocycles. The molecule has 0 N–H and O–H groups in total. The Hall–Kier alpha value is -2.15. The van der Waals surface area contributed by atoms with Crippen LogP contribution in [0.5, 0.6) is 0 Å². The van der Waals surface area contributed by atoms with E-state index in [4.69, 9.17) is 20.8 Å². The largest absolute Gasteiger partial charge is 0.450 e. The quantitative estimate of drug-likeness (QED) is 0.540. The molecule has 2 atom stereocenters. The Morgan fingerprint density at radius 3 is 2.79 bits per heavy atom. The second-order valence-corrected chi connectivity index (χ2v) is 8.72. The normalized spacial score (nSPS) is 21.2. The van der Waals surface area contributed by atoms with E-state index in [0.29, 0.717) is 34.7 Å². The van der Waals surface area contributed by atoms with Crippen LogP contribution in [0.4, 0.5) is 0 Å². The van der Waals surface area contributed by atoms with Gasteiger partial charge in [0, 0.05) is 22.6 Å². The zero-order chi connectivity index (χ0) is 20.1. The molecule has 5 nitrogen and oxygen atoms in total. The van der Waals surface area contributed by atoms with Crippen molar-refractivity contribution in [3.63, 3.8) is 0 Å². The maximum atomic E-state index is 13.4. The monoisotopic (exact) mass is 473 g/mol. The predicted octanol–water partition coefficient (Wildman–Crippen LogP) is 4.93. The van der Waals surface area contributed by atoms with Crippen LogP contribution >= 0.6 is 27.5 Å². The van der Waals surface area contributed by atoms with Crippen LogP contribution in [0.2, 0.25) is 5.02 Å². The lowest BCUT2D eigenvalue weighted by molar-refractivity contribution is 0.0486. The molecule has 148 valence electrons. The summed E-state index contributed by atoms with van der Waals surface area (Å²) >= 11 is 9.63. The average Bonchev–Trinajstić information content (AvgIpc) is 3.31. The number of carbonyl (C=O) groups is 1.